The number of aryl methyl sites for hydroxylation is 2. The summed E-state index contributed by atoms with van der Waals surface area (Å²) in [6.45, 7) is 3.44. The minimum absolute atomic E-state index is 0.595. The first-order chi connectivity index (χ1) is 7.19. The fourth-order valence-electron chi connectivity index (χ4n) is 1.71. The predicted molar refractivity (Wildman–Crippen MR) is 59.4 cm³/mol. The van der Waals surface area contributed by atoms with Crippen LogP contribution >= 0.6 is 0 Å². The number of nitrogens with zero attached hydrogens (tertiary/aromatic N) is 3. The fourth-order valence-corrected chi connectivity index (χ4v) is 1.71. The summed E-state index contributed by atoms with van der Waals surface area (Å²) in [6.07, 6.45) is 4.12. The maximum absolute atomic E-state index is 5.56. The molecule has 0 saturated carbocycles. The normalized spacial score (nSPS) is 10.9. The zero-order valence-corrected chi connectivity index (χ0v) is 9.14. The van der Waals surface area contributed by atoms with E-state index in [-0.39, 0.29) is 0 Å². The Hall–Kier alpha value is -1.55. The largest absolute Gasteiger partial charge is 0.348 e. The first kappa shape index (κ1) is 9.98. The Morgan fingerprint density at radius 3 is 2.80 bits per heavy atom. The summed E-state index contributed by atoms with van der Waals surface area (Å²) in [5.41, 5.74) is 8.98. The number of hydrogen-bond acceptors (Lipinski definition) is 2. The molecule has 0 bridgehead atoms. The lowest BCUT2D eigenvalue weighted by atomic mass is 10.3. The molecule has 2 aromatic rings. The predicted octanol–water partition coefficient (Wildman–Crippen LogP) is 1.04. The molecule has 0 spiro atoms. The highest BCUT2D eigenvalue weighted by Crippen LogP contribution is 2.07. The van der Waals surface area contributed by atoms with E-state index in [4.69, 9.17) is 5.73 Å². The molecular weight excluding hydrogens is 188 g/mol. The fraction of sp³-hybridized carbons (Fsp3) is 0.364. The molecule has 80 valence electrons. The molecule has 15 heavy (non-hydrogen) atoms. The lowest BCUT2D eigenvalue weighted by Gasteiger charge is -2.02. The molecule has 4 heteroatoms. The summed E-state index contributed by atoms with van der Waals surface area (Å²) in [4.78, 5) is 0. The highest BCUT2D eigenvalue weighted by Gasteiger charge is 2.02. The van der Waals surface area contributed by atoms with Gasteiger partial charge in [0.15, 0.2) is 0 Å². The van der Waals surface area contributed by atoms with Crippen molar-refractivity contribution < 1.29 is 0 Å². The van der Waals surface area contributed by atoms with Crippen LogP contribution in [-0.4, -0.2) is 14.3 Å². The van der Waals surface area contributed by atoms with Gasteiger partial charge >= 0.3 is 0 Å². The van der Waals surface area contributed by atoms with Crippen LogP contribution in [-0.2, 0) is 20.1 Å². The van der Waals surface area contributed by atoms with Crippen LogP contribution in [0.25, 0.3) is 0 Å². The second-order valence-corrected chi connectivity index (χ2v) is 3.80. The van der Waals surface area contributed by atoms with Crippen molar-refractivity contribution in [1.82, 2.24) is 14.3 Å². The van der Waals surface area contributed by atoms with Gasteiger partial charge in [-0.05, 0) is 24.6 Å². The Kier molecular flexibility index (Phi) is 2.60. The summed E-state index contributed by atoms with van der Waals surface area (Å²) in [7, 11) is 1.97. The van der Waals surface area contributed by atoms with Crippen molar-refractivity contribution in [3.05, 3.63) is 41.5 Å². The van der Waals surface area contributed by atoms with E-state index in [1.165, 1.54) is 5.69 Å². The van der Waals surface area contributed by atoms with Crippen LogP contribution < -0.4 is 5.73 Å². The Morgan fingerprint density at radius 2 is 2.27 bits per heavy atom. The van der Waals surface area contributed by atoms with Gasteiger partial charge in [-0.2, -0.15) is 5.10 Å². The summed E-state index contributed by atoms with van der Waals surface area (Å²) in [5.74, 6) is 0. The first-order valence-electron chi connectivity index (χ1n) is 5.03. The van der Waals surface area contributed by atoms with Crippen LogP contribution in [0.3, 0.4) is 0 Å². The third-order valence-corrected chi connectivity index (χ3v) is 2.49. The summed E-state index contributed by atoms with van der Waals surface area (Å²) in [6, 6.07) is 4.14. The lowest BCUT2D eigenvalue weighted by molar-refractivity contribution is 0.664. The second-order valence-electron chi connectivity index (χ2n) is 3.80. The molecule has 0 aliphatic heterocycles. The van der Waals surface area contributed by atoms with Gasteiger partial charge in [0.2, 0.25) is 0 Å². The number of nitrogens with two attached hydrogens (primary N) is 1. The average Bonchev–Trinajstić information content (AvgIpc) is 2.75. The van der Waals surface area contributed by atoms with Gasteiger partial charge in [0.1, 0.15) is 0 Å². The summed E-state index contributed by atoms with van der Waals surface area (Å²) < 4.78 is 4.04. The molecule has 0 amide bonds. The first-order valence-corrected chi connectivity index (χ1v) is 5.03. The Balaban J connectivity index is 2.17. The van der Waals surface area contributed by atoms with E-state index in [1.54, 1.807) is 0 Å². The molecule has 0 atom stereocenters. The molecule has 0 saturated heterocycles. The topological polar surface area (TPSA) is 48.8 Å². The van der Waals surface area contributed by atoms with Crippen LogP contribution in [0.5, 0.6) is 0 Å². The molecule has 0 radical (unpaired) electrons. The van der Waals surface area contributed by atoms with Crippen LogP contribution in [0.2, 0.25) is 0 Å². The zero-order valence-electron chi connectivity index (χ0n) is 9.14. The second kappa shape index (κ2) is 3.90. The van der Waals surface area contributed by atoms with Crippen LogP contribution in [0, 0.1) is 6.92 Å². The van der Waals surface area contributed by atoms with Gasteiger partial charge in [-0.15, -0.1) is 0 Å². The number of hydrogen-bond donors (Lipinski definition) is 1. The Bertz CT molecular complexity index is 453. The summed E-state index contributed by atoms with van der Waals surface area (Å²) >= 11 is 0. The molecule has 2 heterocycles. The van der Waals surface area contributed by atoms with Gasteiger partial charge in [-0.1, -0.05) is 0 Å². The van der Waals surface area contributed by atoms with Crippen molar-refractivity contribution in [3.63, 3.8) is 0 Å². The van der Waals surface area contributed by atoms with Crippen molar-refractivity contribution in [2.45, 2.75) is 20.0 Å². The highest BCUT2D eigenvalue weighted by atomic mass is 15.3. The Labute approximate surface area is 89.3 Å². The maximum Gasteiger partial charge on any atom is 0.0639 e. The number of aromatic nitrogens is 3. The van der Waals surface area contributed by atoms with E-state index in [1.807, 2.05) is 30.9 Å². The molecule has 0 aromatic carbocycles. The lowest BCUT2D eigenvalue weighted by Crippen LogP contribution is -2.04. The minimum atomic E-state index is 0.595. The van der Waals surface area contributed by atoms with Crippen molar-refractivity contribution in [2.24, 2.45) is 12.8 Å². The smallest absolute Gasteiger partial charge is 0.0639 e. The van der Waals surface area contributed by atoms with Crippen molar-refractivity contribution in [1.29, 1.82) is 0 Å². The molecule has 2 rings (SSSR count). The molecule has 2 N–H and O–H groups in total. The molecule has 4 nitrogen and oxygen atoms in total. The van der Waals surface area contributed by atoms with E-state index in [0.29, 0.717) is 6.54 Å². The van der Waals surface area contributed by atoms with Crippen molar-refractivity contribution in [3.8, 4) is 0 Å². The van der Waals surface area contributed by atoms with Gasteiger partial charge < -0.3 is 10.3 Å². The third-order valence-electron chi connectivity index (χ3n) is 2.49. The standard InChI is InChI=1S/C11H16N4/c1-9-5-11(14(2)13-9)8-15-4-3-10(6-12)7-15/h3-5,7H,6,8,12H2,1-2H3. The third kappa shape index (κ3) is 2.10. The van der Waals surface area contributed by atoms with Crippen LogP contribution in [0.4, 0.5) is 0 Å². The van der Waals surface area contributed by atoms with Gasteiger partial charge in [-0.25, -0.2) is 0 Å². The van der Waals surface area contributed by atoms with Crippen LogP contribution in [0.15, 0.2) is 24.5 Å². The molecule has 0 aliphatic carbocycles. The van der Waals surface area contributed by atoms with E-state index in [2.05, 4.69) is 21.9 Å². The van der Waals surface area contributed by atoms with Gasteiger partial charge in [0, 0.05) is 26.0 Å². The highest BCUT2D eigenvalue weighted by molar-refractivity contribution is 5.13. The van der Waals surface area contributed by atoms with Gasteiger partial charge in [0.05, 0.1) is 17.9 Å². The van der Waals surface area contributed by atoms with E-state index < -0.39 is 0 Å². The molecule has 2 aromatic heterocycles. The van der Waals surface area contributed by atoms with Crippen LogP contribution in [0.1, 0.15) is 17.0 Å². The zero-order chi connectivity index (χ0) is 10.8. The quantitative estimate of drug-likeness (QED) is 0.812. The van der Waals surface area contributed by atoms with E-state index in [0.717, 1.165) is 17.8 Å². The van der Waals surface area contributed by atoms with Crippen molar-refractivity contribution >= 4 is 0 Å². The Morgan fingerprint density at radius 1 is 1.47 bits per heavy atom. The van der Waals surface area contributed by atoms with Gasteiger partial charge in [0.25, 0.3) is 0 Å². The minimum Gasteiger partial charge on any atom is -0.348 e. The maximum atomic E-state index is 5.56. The van der Waals surface area contributed by atoms with Crippen molar-refractivity contribution in [2.75, 3.05) is 0 Å². The number of rotatable bonds is 3. The monoisotopic (exact) mass is 204 g/mol. The molecule has 0 fully saturated rings. The molecule has 0 aliphatic rings. The SMILES string of the molecule is Cc1cc(Cn2ccc(CN)c2)n(C)n1. The molecule has 0 unspecified atom stereocenters. The molecular formula is C11H16N4. The van der Waals surface area contributed by atoms with Gasteiger partial charge in [-0.3, -0.25) is 4.68 Å². The average molecular weight is 204 g/mol. The van der Waals surface area contributed by atoms with E-state index in [9.17, 15) is 0 Å². The summed E-state index contributed by atoms with van der Waals surface area (Å²) in [5, 5.41) is 4.31. The van der Waals surface area contributed by atoms with E-state index >= 15 is 0 Å².